The predicted octanol–water partition coefficient (Wildman–Crippen LogP) is 6.82. The molecule has 1 amide bonds. The summed E-state index contributed by atoms with van der Waals surface area (Å²) in [4.78, 5) is 15.7. The second-order valence-electron chi connectivity index (χ2n) is 10.2. The van der Waals surface area contributed by atoms with Gasteiger partial charge in [0.25, 0.3) is 5.91 Å². The third-order valence-electron chi connectivity index (χ3n) is 7.59. The molecule has 2 N–H and O–H groups in total. The van der Waals surface area contributed by atoms with Crippen LogP contribution in [-0.4, -0.2) is 46.9 Å². The Morgan fingerprint density at radius 1 is 0.907 bits per heavy atom. The summed E-state index contributed by atoms with van der Waals surface area (Å²) in [7, 11) is 3.19. The van der Waals surface area contributed by atoms with Gasteiger partial charge in [0.05, 0.1) is 20.3 Å². The Morgan fingerprint density at radius 2 is 1.72 bits per heavy atom. The number of hydrogen-bond donors (Lipinski definition) is 2. The quantitative estimate of drug-likeness (QED) is 0.184. The third-order valence-corrected chi connectivity index (χ3v) is 7.82. The number of rotatable bonds is 10. The molecule has 4 aromatic carbocycles. The summed E-state index contributed by atoms with van der Waals surface area (Å²) < 4.78 is 17.0. The van der Waals surface area contributed by atoms with Crippen molar-refractivity contribution < 1.29 is 24.1 Å². The molecule has 43 heavy (non-hydrogen) atoms. The highest BCUT2D eigenvalue weighted by Crippen LogP contribution is 2.45. The standard InChI is InChI=1S/C34H30ClN3O5/c1-41-28-14-11-21(17-29(28)42-2)15-16-38-33(23-9-6-10-25(18-23)43-20-22-7-4-3-5-8-22)30-31(36-37-32(30)34(38)40)26-19-24(35)12-13-27(26)39/h3-14,17-19,33,39H,15-16,20H2,1-2H3,(H,36,37). The third kappa shape index (κ3) is 5.61. The number of carbonyl (C=O) groups is 1. The van der Waals surface area contributed by atoms with Gasteiger partial charge in [-0.25, -0.2) is 0 Å². The summed E-state index contributed by atoms with van der Waals surface area (Å²) in [5, 5.41) is 18.6. The molecule has 0 bridgehead atoms. The fourth-order valence-electron chi connectivity index (χ4n) is 5.48. The summed E-state index contributed by atoms with van der Waals surface area (Å²) in [6.07, 6.45) is 0.572. The first-order valence-corrected chi connectivity index (χ1v) is 14.2. The number of phenols is 1. The van der Waals surface area contributed by atoms with Crippen molar-refractivity contribution in [2.24, 2.45) is 0 Å². The van der Waals surface area contributed by atoms with E-state index >= 15 is 0 Å². The molecule has 218 valence electrons. The number of methoxy groups -OCH3 is 2. The van der Waals surface area contributed by atoms with Crippen molar-refractivity contribution in [2.75, 3.05) is 20.8 Å². The van der Waals surface area contributed by atoms with Gasteiger partial charge in [0.15, 0.2) is 11.5 Å². The number of benzene rings is 4. The van der Waals surface area contributed by atoms with E-state index in [-0.39, 0.29) is 11.7 Å². The molecule has 9 heteroatoms. The maximum atomic E-state index is 13.9. The van der Waals surface area contributed by atoms with Crippen LogP contribution in [0.15, 0.2) is 91.0 Å². The first-order valence-electron chi connectivity index (χ1n) is 13.8. The summed E-state index contributed by atoms with van der Waals surface area (Å²) in [6, 6.07) is 27.7. The van der Waals surface area contributed by atoms with Crippen LogP contribution in [0.3, 0.4) is 0 Å². The Hall–Kier alpha value is -4.95. The average Bonchev–Trinajstić information content (AvgIpc) is 3.58. The minimum Gasteiger partial charge on any atom is -0.507 e. The van der Waals surface area contributed by atoms with E-state index in [9.17, 15) is 9.90 Å². The number of aromatic nitrogens is 2. The first-order chi connectivity index (χ1) is 21.0. The average molecular weight is 596 g/mol. The van der Waals surface area contributed by atoms with Gasteiger partial charge in [0.2, 0.25) is 0 Å². The molecule has 0 radical (unpaired) electrons. The van der Waals surface area contributed by atoms with Gasteiger partial charge in [0.1, 0.15) is 29.5 Å². The highest BCUT2D eigenvalue weighted by atomic mass is 35.5. The van der Waals surface area contributed by atoms with Gasteiger partial charge in [-0.1, -0.05) is 60.1 Å². The number of nitrogens with zero attached hydrogens (tertiary/aromatic N) is 2. The van der Waals surface area contributed by atoms with Crippen LogP contribution in [0, 0.1) is 0 Å². The topological polar surface area (TPSA) is 96.9 Å². The van der Waals surface area contributed by atoms with Crippen molar-refractivity contribution in [3.63, 3.8) is 0 Å². The fourth-order valence-corrected chi connectivity index (χ4v) is 5.65. The van der Waals surface area contributed by atoms with Gasteiger partial charge in [-0.2, -0.15) is 5.10 Å². The fraction of sp³-hybridized carbons (Fsp3) is 0.176. The number of hydrogen-bond acceptors (Lipinski definition) is 6. The molecule has 0 aliphatic carbocycles. The van der Waals surface area contributed by atoms with Gasteiger partial charge in [-0.3, -0.25) is 9.89 Å². The van der Waals surface area contributed by atoms with Gasteiger partial charge in [-0.05, 0) is 65.6 Å². The van der Waals surface area contributed by atoms with Crippen LogP contribution in [-0.2, 0) is 13.0 Å². The van der Waals surface area contributed by atoms with E-state index in [1.165, 1.54) is 6.07 Å². The lowest BCUT2D eigenvalue weighted by atomic mass is 9.95. The summed E-state index contributed by atoms with van der Waals surface area (Å²) in [5.41, 5.74) is 4.87. The number of H-pyrrole nitrogens is 1. The molecule has 1 aromatic heterocycles. The maximum absolute atomic E-state index is 13.9. The monoisotopic (exact) mass is 595 g/mol. The number of amides is 1. The normalized spacial score (nSPS) is 14.1. The molecular weight excluding hydrogens is 566 g/mol. The van der Waals surface area contributed by atoms with E-state index in [1.54, 1.807) is 26.4 Å². The van der Waals surface area contributed by atoms with Gasteiger partial charge in [0, 0.05) is 22.7 Å². The Balaban J connectivity index is 1.37. The number of carbonyl (C=O) groups excluding carboxylic acids is 1. The van der Waals surface area contributed by atoms with Crippen LogP contribution in [0.1, 0.15) is 38.8 Å². The smallest absolute Gasteiger partial charge is 0.273 e. The van der Waals surface area contributed by atoms with E-state index in [0.29, 0.717) is 64.4 Å². The molecule has 8 nitrogen and oxygen atoms in total. The largest absolute Gasteiger partial charge is 0.507 e. The lowest BCUT2D eigenvalue weighted by Crippen LogP contribution is -2.31. The van der Waals surface area contributed by atoms with Crippen molar-refractivity contribution in [2.45, 2.75) is 19.1 Å². The van der Waals surface area contributed by atoms with Crippen LogP contribution in [0.2, 0.25) is 5.02 Å². The van der Waals surface area contributed by atoms with Crippen LogP contribution in [0.5, 0.6) is 23.0 Å². The molecule has 1 atom stereocenters. The number of ether oxygens (including phenoxy) is 3. The molecule has 1 unspecified atom stereocenters. The van der Waals surface area contributed by atoms with Crippen molar-refractivity contribution in [1.82, 2.24) is 15.1 Å². The molecule has 1 aliphatic heterocycles. The van der Waals surface area contributed by atoms with E-state index in [0.717, 1.165) is 16.7 Å². The number of aromatic hydroxyl groups is 1. The maximum Gasteiger partial charge on any atom is 0.273 e. The minimum absolute atomic E-state index is 0.0219. The molecule has 0 saturated carbocycles. The molecule has 5 aromatic rings. The lowest BCUT2D eigenvalue weighted by Gasteiger charge is -2.27. The highest BCUT2D eigenvalue weighted by Gasteiger charge is 2.42. The van der Waals surface area contributed by atoms with Crippen molar-refractivity contribution in [3.05, 3.63) is 124 Å². The Kier molecular flexibility index (Phi) is 7.94. The molecule has 0 spiro atoms. The molecule has 6 rings (SSSR count). The van der Waals surface area contributed by atoms with E-state index in [2.05, 4.69) is 10.2 Å². The second-order valence-corrected chi connectivity index (χ2v) is 10.6. The van der Waals surface area contributed by atoms with Gasteiger partial charge < -0.3 is 24.2 Å². The Bertz CT molecular complexity index is 1770. The zero-order valence-corrected chi connectivity index (χ0v) is 24.5. The molecule has 2 heterocycles. The number of fused-ring (bicyclic) bond motifs is 1. The van der Waals surface area contributed by atoms with Crippen LogP contribution in [0.25, 0.3) is 11.3 Å². The Morgan fingerprint density at radius 3 is 2.51 bits per heavy atom. The van der Waals surface area contributed by atoms with Gasteiger partial charge >= 0.3 is 0 Å². The van der Waals surface area contributed by atoms with Crippen molar-refractivity contribution >= 4 is 17.5 Å². The summed E-state index contributed by atoms with van der Waals surface area (Å²) in [5.74, 6) is 1.78. The predicted molar refractivity (Wildman–Crippen MR) is 164 cm³/mol. The van der Waals surface area contributed by atoms with Gasteiger partial charge in [-0.15, -0.1) is 0 Å². The number of halogens is 1. The second kappa shape index (κ2) is 12.1. The van der Waals surface area contributed by atoms with E-state index < -0.39 is 6.04 Å². The lowest BCUT2D eigenvalue weighted by molar-refractivity contribution is 0.0745. The summed E-state index contributed by atoms with van der Waals surface area (Å²) >= 11 is 6.30. The van der Waals surface area contributed by atoms with E-state index in [1.807, 2.05) is 77.7 Å². The number of nitrogens with one attached hydrogen (secondary N) is 1. The zero-order chi connectivity index (χ0) is 29.9. The van der Waals surface area contributed by atoms with E-state index in [4.69, 9.17) is 25.8 Å². The SMILES string of the molecule is COc1ccc(CCN2C(=O)c3[nH]nc(-c4cc(Cl)ccc4O)c3C2c2cccc(OCc3ccccc3)c2)cc1OC. The molecule has 0 saturated heterocycles. The van der Waals surface area contributed by atoms with Crippen LogP contribution < -0.4 is 14.2 Å². The minimum atomic E-state index is -0.491. The van der Waals surface area contributed by atoms with Crippen molar-refractivity contribution in [1.29, 1.82) is 0 Å². The number of phenolic OH excluding ortho intramolecular Hbond substituents is 1. The van der Waals surface area contributed by atoms with Crippen LogP contribution >= 0.6 is 11.6 Å². The van der Waals surface area contributed by atoms with Crippen LogP contribution in [0.4, 0.5) is 0 Å². The first kappa shape index (κ1) is 28.2. The Labute approximate surface area is 254 Å². The molecule has 1 aliphatic rings. The summed E-state index contributed by atoms with van der Waals surface area (Å²) in [6.45, 7) is 0.826. The zero-order valence-electron chi connectivity index (χ0n) is 23.7. The van der Waals surface area contributed by atoms with Crippen molar-refractivity contribution in [3.8, 4) is 34.3 Å². The number of aromatic amines is 1. The molecular formula is C34H30ClN3O5. The highest BCUT2D eigenvalue weighted by molar-refractivity contribution is 6.31. The molecule has 0 fully saturated rings.